The maximum absolute atomic E-state index is 13.3. The minimum absolute atomic E-state index is 0.0747. The fourth-order valence-electron chi connectivity index (χ4n) is 4.55. The smallest absolute Gasteiger partial charge is 0.241 e. The summed E-state index contributed by atoms with van der Waals surface area (Å²) in [6.07, 6.45) is 7.41. The van der Waals surface area contributed by atoms with Crippen LogP contribution in [0.2, 0.25) is 0 Å². The number of benzene rings is 2. The highest BCUT2D eigenvalue weighted by Crippen LogP contribution is 2.26. The van der Waals surface area contributed by atoms with Gasteiger partial charge in [0.2, 0.25) is 21.8 Å². The van der Waals surface area contributed by atoms with Crippen LogP contribution >= 0.6 is 0 Å². The van der Waals surface area contributed by atoms with E-state index in [0.717, 1.165) is 36.8 Å². The van der Waals surface area contributed by atoms with Crippen LogP contribution < -0.4 is 15.4 Å². The molecule has 7 nitrogen and oxygen atoms in total. The van der Waals surface area contributed by atoms with Gasteiger partial charge >= 0.3 is 0 Å². The van der Waals surface area contributed by atoms with Gasteiger partial charge in [0.05, 0.1) is 4.90 Å². The molecule has 0 spiro atoms. The lowest BCUT2D eigenvalue weighted by molar-refractivity contribution is -0.123. The Balaban J connectivity index is 1.54. The predicted molar refractivity (Wildman–Crippen MR) is 127 cm³/mol. The quantitative estimate of drug-likeness (QED) is 0.541. The number of carbonyl (C=O) groups is 2. The number of sulfonamides is 1. The van der Waals surface area contributed by atoms with Crippen molar-refractivity contribution in [2.75, 3.05) is 5.32 Å². The maximum atomic E-state index is 13.3. The number of amides is 2. The Hall–Kier alpha value is -2.71. The number of aryl methyl sites for hydroxylation is 1. The van der Waals surface area contributed by atoms with Gasteiger partial charge in [-0.1, -0.05) is 56.0 Å². The van der Waals surface area contributed by atoms with Gasteiger partial charge in [-0.3, -0.25) is 9.59 Å². The third-order valence-corrected chi connectivity index (χ3v) is 7.85. The van der Waals surface area contributed by atoms with Gasteiger partial charge in [0.25, 0.3) is 0 Å². The van der Waals surface area contributed by atoms with Gasteiger partial charge in [-0.15, -0.1) is 0 Å². The van der Waals surface area contributed by atoms with E-state index in [1.54, 1.807) is 12.1 Å². The summed E-state index contributed by atoms with van der Waals surface area (Å²) in [5.41, 5.74) is 2.30. The molecule has 1 fully saturated rings. The highest BCUT2D eigenvalue weighted by Gasteiger charge is 2.29. The normalized spacial score (nSPS) is 18.0. The Kier molecular flexibility index (Phi) is 7.45. The molecular formula is C25H31N3O4S. The molecule has 0 aromatic heterocycles. The highest BCUT2D eigenvalue weighted by atomic mass is 32.2. The average Bonchev–Trinajstić information content (AvgIpc) is 3.07. The molecule has 33 heavy (non-hydrogen) atoms. The van der Waals surface area contributed by atoms with Gasteiger partial charge in [-0.05, 0) is 55.0 Å². The number of carbonyl (C=O) groups excluding carboxylic acids is 2. The zero-order chi connectivity index (χ0) is 23.3. The fourth-order valence-corrected chi connectivity index (χ4v) is 5.79. The SMILES string of the molecule is O=C1CCc2cc(S(=O)(=O)NC(Cc3ccccc3)C(=O)NC3CCCCCC3)ccc2N1. The molecule has 3 N–H and O–H groups in total. The van der Waals surface area contributed by atoms with Gasteiger partial charge in [0, 0.05) is 18.2 Å². The van der Waals surface area contributed by atoms with E-state index in [1.807, 2.05) is 30.3 Å². The van der Waals surface area contributed by atoms with Crippen LogP contribution in [0.3, 0.4) is 0 Å². The van der Waals surface area contributed by atoms with Crippen LogP contribution in [0.4, 0.5) is 5.69 Å². The number of nitrogens with one attached hydrogen (secondary N) is 3. The first-order valence-corrected chi connectivity index (χ1v) is 13.2. The monoisotopic (exact) mass is 469 g/mol. The summed E-state index contributed by atoms with van der Waals surface area (Å²) < 4.78 is 29.2. The molecule has 1 aliphatic carbocycles. The molecule has 1 unspecified atom stereocenters. The molecule has 1 saturated carbocycles. The van der Waals surface area contributed by atoms with Crippen molar-refractivity contribution in [3.05, 3.63) is 59.7 Å². The van der Waals surface area contributed by atoms with Gasteiger partial charge in [-0.25, -0.2) is 8.42 Å². The second kappa shape index (κ2) is 10.5. The molecule has 2 aromatic rings. The second-order valence-corrected chi connectivity index (χ2v) is 10.6. The van der Waals surface area contributed by atoms with E-state index in [1.165, 1.54) is 18.9 Å². The summed E-state index contributed by atoms with van der Waals surface area (Å²) in [6, 6.07) is 13.2. The molecule has 0 saturated heterocycles. The lowest BCUT2D eigenvalue weighted by Crippen LogP contribution is -2.50. The fraction of sp³-hybridized carbons (Fsp3) is 0.440. The van der Waals surface area contributed by atoms with Crippen LogP contribution in [0.5, 0.6) is 0 Å². The molecule has 0 radical (unpaired) electrons. The Morgan fingerprint density at radius 2 is 1.73 bits per heavy atom. The van der Waals surface area contributed by atoms with E-state index in [0.29, 0.717) is 18.5 Å². The van der Waals surface area contributed by atoms with Gasteiger partial charge < -0.3 is 10.6 Å². The zero-order valence-electron chi connectivity index (χ0n) is 18.7. The minimum Gasteiger partial charge on any atom is -0.352 e. The average molecular weight is 470 g/mol. The second-order valence-electron chi connectivity index (χ2n) is 8.93. The van der Waals surface area contributed by atoms with Crippen LogP contribution in [0, 0.1) is 0 Å². The van der Waals surface area contributed by atoms with E-state index >= 15 is 0 Å². The molecular weight excluding hydrogens is 438 g/mol. The van der Waals surface area contributed by atoms with Crippen LogP contribution in [-0.2, 0) is 32.5 Å². The molecule has 2 aromatic carbocycles. The lowest BCUT2D eigenvalue weighted by atomic mass is 10.0. The van der Waals surface area contributed by atoms with Crippen molar-refractivity contribution in [1.82, 2.24) is 10.0 Å². The van der Waals surface area contributed by atoms with Crippen molar-refractivity contribution in [3.63, 3.8) is 0 Å². The summed E-state index contributed by atoms with van der Waals surface area (Å²) in [4.78, 5) is 24.9. The predicted octanol–water partition coefficient (Wildman–Crippen LogP) is 3.30. The molecule has 4 rings (SSSR count). The third kappa shape index (κ3) is 6.21. The molecule has 2 aliphatic rings. The number of fused-ring (bicyclic) bond motifs is 1. The zero-order valence-corrected chi connectivity index (χ0v) is 19.5. The van der Waals surface area contributed by atoms with Crippen molar-refractivity contribution < 1.29 is 18.0 Å². The number of anilines is 1. The van der Waals surface area contributed by atoms with Crippen LogP contribution in [0.1, 0.15) is 56.1 Å². The topological polar surface area (TPSA) is 104 Å². The summed E-state index contributed by atoms with van der Waals surface area (Å²) >= 11 is 0. The molecule has 176 valence electrons. The summed E-state index contributed by atoms with van der Waals surface area (Å²) in [5.74, 6) is -0.367. The Morgan fingerprint density at radius 3 is 2.45 bits per heavy atom. The van der Waals surface area contributed by atoms with E-state index in [-0.39, 0.29) is 29.2 Å². The molecule has 1 aliphatic heterocycles. The third-order valence-electron chi connectivity index (χ3n) is 6.38. The van der Waals surface area contributed by atoms with E-state index in [4.69, 9.17) is 0 Å². The molecule has 1 atom stereocenters. The van der Waals surface area contributed by atoms with Crippen LogP contribution in [0.15, 0.2) is 53.4 Å². The molecule has 1 heterocycles. The van der Waals surface area contributed by atoms with Crippen molar-refractivity contribution in [1.29, 1.82) is 0 Å². The Bertz CT molecular complexity index is 1090. The molecule has 8 heteroatoms. The van der Waals surface area contributed by atoms with Crippen molar-refractivity contribution in [2.45, 2.75) is 74.8 Å². The number of hydrogen-bond donors (Lipinski definition) is 3. The van der Waals surface area contributed by atoms with E-state index in [9.17, 15) is 18.0 Å². The van der Waals surface area contributed by atoms with Gasteiger partial charge in [0.1, 0.15) is 6.04 Å². The lowest BCUT2D eigenvalue weighted by Gasteiger charge is -2.23. The van der Waals surface area contributed by atoms with E-state index in [2.05, 4.69) is 15.4 Å². The maximum Gasteiger partial charge on any atom is 0.241 e. The highest BCUT2D eigenvalue weighted by molar-refractivity contribution is 7.89. The first kappa shape index (κ1) is 23.4. The minimum atomic E-state index is -3.94. The number of hydrogen-bond acceptors (Lipinski definition) is 4. The molecule has 0 bridgehead atoms. The Labute approximate surface area is 195 Å². The first-order chi connectivity index (χ1) is 15.9. The van der Waals surface area contributed by atoms with Crippen molar-refractivity contribution in [2.24, 2.45) is 0 Å². The van der Waals surface area contributed by atoms with Crippen LogP contribution in [-0.4, -0.2) is 32.3 Å². The van der Waals surface area contributed by atoms with Gasteiger partial charge in [0.15, 0.2) is 0 Å². The first-order valence-electron chi connectivity index (χ1n) is 11.7. The van der Waals surface area contributed by atoms with E-state index < -0.39 is 16.1 Å². The van der Waals surface area contributed by atoms with Crippen molar-refractivity contribution >= 4 is 27.5 Å². The summed E-state index contributed by atoms with van der Waals surface area (Å²) in [7, 11) is -3.94. The summed E-state index contributed by atoms with van der Waals surface area (Å²) in [5, 5.41) is 5.86. The largest absolute Gasteiger partial charge is 0.352 e. The van der Waals surface area contributed by atoms with Crippen molar-refractivity contribution in [3.8, 4) is 0 Å². The Morgan fingerprint density at radius 1 is 1.00 bits per heavy atom. The van der Waals surface area contributed by atoms with Crippen LogP contribution in [0.25, 0.3) is 0 Å². The standard InChI is InChI=1S/C25H31N3O4S/c29-24-15-12-19-17-21(13-14-22(19)27-24)33(31,32)28-23(16-18-8-4-3-5-9-18)25(30)26-20-10-6-1-2-7-11-20/h3-5,8-9,13-14,17,20,23,28H,1-2,6-7,10-12,15-16H2,(H,26,30)(H,27,29). The number of rotatable bonds is 7. The van der Waals surface area contributed by atoms with Gasteiger partial charge in [-0.2, -0.15) is 4.72 Å². The summed E-state index contributed by atoms with van der Waals surface area (Å²) in [6.45, 7) is 0. The molecule has 2 amide bonds.